The van der Waals surface area contributed by atoms with Crippen molar-refractivity contribution in [1.29, 1.82) is 0 Å². The molecule has 1 saturated heterocycles. The SMILES string of the molecule is C[Si]1(C)O[Si](C)(C)O[Si](C)(CCP(=S)(c2ccccc2)c2ccccc2)O1. The molecule has 8 heteroatoms. The highest BCUT2D eigenvalue weighted by molar-refractivity contribution is 8.22. The molecule has 0 aliphatic carbocycles. The van der Waals surface area contributed by atoms with Crippen LogP contribution in [-0.4, -0.2) is 31.8 Å². The summed E-state index contributed by atoms with van der Waals surface area (Å²) in [7, 11) is -6.60. The van der Waals surface area contributed by atoms with Crippen molar-refractivity contribution in [1.82, 2.24) is 0 Å². The zero-order valence-corrected chi connectivity index (χ0v) is 21.5. The summed E-state index contributed by atoms with van der Waals surface area (Å²) < 4.78 is 19.2. The van der Waals surface area contributed by atoms with Gasteiger partial charge in [0.1, 0.15) is 0 Å². The van der Waals surface area contributed by atoms with E-state index in [0.717, 1.165) is 12.2 Å². The van der Waals surface area contributed by atoms with Crippen LogP contribution in [-0.2, 0) is 24.2 Å². The number of hydrogen-bond acceptors (Lipinski definition) is 4. The molecule has 1 heterocycles. The molecule has 0 bridgehead atoms. The molecule has 0 aromatic heterocycles. The standard InChI is InChI=1S/C19H29O3PSSi3/c1-25(2)20-26(3,4)22-27(5,21-25)17-16-23(24,18-12-8-6-9-13-18)19-14-10-7-11-15-19/h6-15H,16-17H2,1-5H3. The Balaban J connectivity index is 1.91. The van der Waals surface area contributed by atoms with Crippen LogP contribution >= 0.6 is 6.04 Å². The molecule has 146 valence electrons. The first-order chi connectivity index (χ1) is 12.5. The van der Waals surface area contributed by atoms with E-state index in [0.29, 0.717) is 0 Å². The molecule has 0 radical (unpaired) electrons. The summed E-state index contributed by atoms with van der Waals surface area (Å²) in [5.74, 6) is 0. The largest absolute Gasteiger partial charge is 0.416 e. The van der Waals surface area contributed by atoms with Gasteiger partial charge in [0, 0.05) is 6.04 Å². The Morgan fingerprint density at radius 3 is 1.52 bits per heavy atom. The van der Waals surface area contributed by atoms with Gasteiger partial charge in [-0.15, -0.1) is 0 Å². The van der Waals surface area contributed by atoms with Gasteiger partial charge in [-0.2, -0.15) is 0 Å². The Kier molecular flexibility index (Phi) is 6.16. The van der Waals surface area contributed by atoms with Crippen molar-refractivity contribution >= 4 is 54.1 Å². The van der Waals surface area contributed by atoms with Gasteiger partial charge in [0.15, 0.2) is 0 Å². The van der Waals surface area contributed by atoms with Crippen LogP contribution in [0, 0.1) is 0 Å². The number of rotatable bonds is 5. The van der Waals surface area contributed by atoms with Crippen LogP contribution in [0.1, 0.15) is 0 Å². The highest BCUT2D eigenvalue weighted by Gasteiger charge is 2.52. The van der Waals surface area contributed by atoms with Crippen LogP contribution in [0.15, 0.2) is 60.7 Å². The van der Waals surface area contributed by atoms with E-state index in [1.54, 1.807) is 0 Å². The predicted molar refractivity (Wildman–Crippen MR) is 126 cm³/mol. The Morgan fingerprint density at radius 2 is 1.11 bits per heavy atom. The molecule has 2 aromatic carbocycles. The second-order valence-corrected chi connectivity index (χ2v) is 23.8. The third-order valence-corrected chi connectivity index (χ3v) is 22.5. The molecule has 0 unspecified atom stereocenters. The van der Waals surface area contributed by atoms with Crippen molar-refractivity contribution in [2.75, 3.05) is 6.16 Å². The second-order valence-electron chi connectivity index (χ2n) is 8.12. The quantitative estimate of drug-likeness (QED) is 0.487. The van der Waals surface area contributed by atoms with Gasteiger partial charge in [0.05, 0.1) is 0 Å². The number of benzene rings is 2. The highest BCUT2D eigenvalue weighted by atomic mass is 32.4. The highest BCUT2D eigenvalue weighted by Crippen LogP contribution is 2.46. The molecule has 1 aliphatic heterocycles. The molecule has 0 amide bonds. The van der Waals surface area contributed by atoms with E-state index >= 15 is 0 Å². The molecule has 0 spiro atoms. The molecule has 2 aromatic rings. The molecule has 1 aliphatic rings. The lowest BCUT2D eigenvalue weighted by Gasteiger charge is -2.48. The molecule has 0 atom stereocenters. The van der Waals surface area contributed by atoms with E-state index in [1.165, 1.54) is 10.6 Å². The van der Waals surface area contributed by atoms with Gasteiger partial charge in [-0.25, -0.2) is 0 Å². The van der Waals surface area contributed by atoms with Gasteiger partial charge in [-0.1, -0.05) is 72.5 Å². The van der Waals surface area contributed by atoms with Crippen molar-refractivity contribution in [3.63, 3.8) is 0 Å². The predicted octanol–water partition coefficient (Wildman–Crippen LogP) is 4.66. The van der Waals surface area contributed by atoms with Gasteiger partial charge in [-0.3, -0.25) is 0 Å². The summed E-state index contributed by atoms with van der Waals surface area (Å²) in [4.78, 5) is 0. The molecule has 1 fully saturated rings. The first kappa shape index (κ1) is 21.3. The summed E-state index contributed by atoms with van der Waals surface area (Å²) in [5, 5.41) is 2.53. The average molecular weight is 453 g/mol. The summed E-state index contributed by atoms with van der Waals surface area (Å²) in [6, 6.07) is 20.2. The van der Waals surface area contributed by atoms with Gasteiger partial charge in [0.2, 0.25) is 0 Å². The average Bonchev–Trinajstić information content (AvgIpc) is 2.58. The monoisotopic (exact) mass is 452 g/mol. The van der Waals surface area contributed by atoms with E-state index in [4.69, 9.17) is 24.2 Å². The van der Waals surface area contributed by atoms with Crippen molar-refractivity contribution in [2.24, 2.45) is 0 Å². The van der Waals surface area contributed by atoms with Crippen LogP contribution < -0.4 is 10.6 Å². The fraction of sp³-hybridized carbons (Fsp3) is 0.368. The molecule has 3 nitrogen and oxygen atoms in total. The Hall–Kier alpha value is -0.379. The smallest absolute Gasteiger partial charge is 0.317 e. The lowest BCUT2D eigenvalue weighted by atomic mass is 10.4. The van der Waals surface area contributed by atoms with E-state index in [9.17, 15) is 0 Å². The molecular weight excluding hydrogens is 424 g/mol. The first-order valence-corrected chi connectivity index (χ1v) is 20.5. The molecular formula is C19H29O3PSSi3. The summed E-state index contributed by atoms with van der Waals surface area (Å²) in [6.45, 7) is 10.8. The van der Waals surface area contributed by atoms with Crippen molar-refractivity contribution in [2.45, 2.75) is 38.8 Å². The van der Waals surface area contributed by atoms with Crippen LogP contribution in [0.25, 0.3) is 0 Å². The van der Waals surface area contributed by atoms with E-state index in [1.807, 2.05) is 0 Å². The van der Waals surface area contributed by atoms with Gasteiger partial charge in [0.25, 0.3) is 0 Å². The summed E-state index contributed by atoms with van der Waals surface area (Å²) in [5.41, 5.74) is 0. The maximum Gasteiger partial charge on any atom is 0.317 e. The van der Waals surface area contributed by atoms with Gasteiger partial charge >= 0.3 is 25.7 Å². The Morgan fingerprint density at radius 1 is 0.704 bits per heavy atom. The third-order valence-electron chi connectivity index (χ3n) is 4.64. The van der Waals surface area contributed by atoms with Crippen LogP contribution in [0.4, 0.5) is 0 Å². The molecule has 0 saturated carbocycles. The zero-order valence-electron chi connectivity index (χ0n) is 16.8. The minimum Gasteiger partial charge on any atom is -0.416 e. The van der Waals surface area contributed by atoms with Gasteiger partial charge < -0.3 is 12.3 Å². The van der Waals surface area contributed by atoms with Crippen LogP contribution in [0.5, 0.6) is 0 Å². The molecule has 0 N–H and O–H groups in total. The van der Waals surface area contributed by atoms with Crippen LogP contribution in [0.3, 0.4) is 0 Å². The first-order valence-electron chi connectivity index (χ1n) is 9.35. The van der Waals surface area contributed by atoms with E-state index in [2.05, 4.69) is 93.4 Å². The fourth-order valence-corrected chi connectivity index (χ4v) is 26.0. The Labute approximate surface area is 171 Å². The zero-order chi connectivity index (χ0) is 19.8. The summed E-state index contributed by atoms with van der Waals surface area (Å²) >= 11 is 6.38. The lowest BCUT2D eigenvalue weighted by molar-refractivity contribution is 0.233. The van der Waals surface area contributed by atoms with Gasteiger partial charge in [-0.05, 0) is 55.6 Å². The maximum atomic E-state index is 6.50. The molecule has 27 heavy (non-hydrogen) atoms. The van der Waals surface area contributed by atoms with Crippen molar-refractivity contribution in [3.05, 3.63) is 60.7 Å². The maximum absolute atomic E-state index is 6.50. The van der Waals surface area contributed by atoms with Crippen molar-refractivity contribution in [3.8, 4) is 0 Å². The lowest BCUT2D eigenvalue weighted by Crippen LogP contribution is -2.65. The topological polar surface area (TPSA) is 27.7 Å². The fourth-order valence-electron chi connectivity index (χ4n) is 3.90. The van der Waals surface area contributed by atoms with Crippen molar-refractivity contribution < 1.29 is 12.3 Å². The normalized spacial score (nSPS) is 20.9. The van der Waals surface area contributed by atoms with Crippen LogP contribution in [0.2, 0.25) is 38.8 Å². The Bertz CT molecular complexity index is 771. The van der Waals surface area contributed by atoms with E-state index < -0.39 is 31.7 Å². The second kappa shape index (κ2) is 7.80. The minimum absolute atomic E-state index is 0.907. The molecule has 3 rings (SSSR count). The number of hydrogen-bond donors (Lipinski definition) is 0. The van der Waals surface area contributed by atoms with E-state index in [-0.39, 0.29) is 0 Å². The minimum atomic E-state index is -2.32. The third kappa shape index (κ3) is 5.16. The summed E-state index contributed by atoms with van der Waals surface area (Å²) in [6.07, 6.45) is 0.925.